The van der Waals surface area contributed by atoms with Crippen LogP contribution in [0.3, 0.4) is 0 Å². The maximum atomic E-state index is 13.9. The van der Waals surface area contributed by atoms with Gasteiger partial charge in [0, 0.05) is 13.6 Å². The molecule has 1 N–H and O–H groups in total. The van der Waals surface area contributed by atoms with Crippen LogP contribution in [0.5, 0.6) is 0 Å². The zero-order valence-electron chi connectivity index (χ0n) is 14.2. The molecule has 1 aromatic carbocycles. The van der Waals surface area contributed by atoms with Gasteiger partial charge in [0.15, 0.2) is 5.76 Å². The van der Waals surface area contributed by atoms with Crippen molar-refractivity contribution in [3.05, 3.63) is 53.7 Å². The van der Waals surface area contributed by atoms with Gasteiger partial charge in [0.25, 0.3) is 5.91 Å². The molecular weight excluding hydrogens is 325 g/mol. The fourth-order valence-electron chi connectivity index (χ4n) is 3.05. The second-order valence-corrected chi connectivity index (χ2v) is 6.01. The molecule has 0 radical (unpaired) electrons. The third kappa shape index (κ3) is 3.41. The molecule has 2 heterocycles. The Hall–Kier alpha value is -2.67. The zero-order chi connectivity index (χ0) is 18.0. The second-order valence-electron chi connectivity index (χ2n) is 6.01. The van der Waals surface area contributed by atoms with E-state index in [0.29, 0.717) is 31.0 Å². The summed E-state index contributed by atoms with van der Waals surface area (Å²) in [4.78, 5) is 27.5. The maximum Gasteiger partial charge on any atom is 0.286 e. The lowest BCUT2D eigenvalue weighted by Crippen LogP contribution is -2.39. The number of para-hydroxylation sites is 1. The summed E-state index contributed by atoms with van der Waals surface area (Å²) in [6, 6.07) is 9.24. The van der Waals surface area contributed by atoms with Gasteiger partial charge in [-0.3, -0.25) is 14.5 Å². The minimum absolute atomic E-state index is 0.134. The van der Waals surface area contributed by atoms with Crippen molar-refractivity contribution < 1.29 is 18.4 Å². The van der Waals surface area contributed by atoms with Crippen molar-refractivity contribution in [2.45, 2.75) is 19.0 Å². The first-order valence-electron chi connectivity index (χ1n) is 8.08. The monoisotopic (exact) mass is 345 g/mol. The van der Waals surface area contributed by atoms with E-state index in [9.17, 15) is 14.0 Å². The molecule has 0 spiro atoms. The predicted octanol–water partition coefficient (Wildman–Crippen LogP) is 2.02. The zero-order valence-corrected chi connectivity index (χ0v) is 14.2. The number of carbonyl (C=O) groups excluding carboxylic acids is 2. The van der Waals surface area contributed by atoms with E-state index < -0.39 is 5.82 Å². The molecule has 0 bridgehead atoms. The summed E-state index contributed by atoms with van der Waals surface area (Å²) in [7, 11) is 3.35. The minimum Gasteiger partial charge on any atom is -0.455 e. The van der Waals surface area contributed by atoms with Gasteiger partial charge in [-0.2, -0.15) is 0 Å². The van der Waals surface area contributed by atoms with Crippen LogP contribution in [0, 0.1) is 5.82 Å². The van der Waals surface area contributed by atoms with Crippen molar-refractivity contribution in [1.29, 1.82) is 0 Å². The van der Waals surface area contributed by atoms with E-state index in [4.69, 9.17) is 4.42 Å². The van der Waals surface area contributed by atoms with Crippen LogP contribution in [0.1, 0.15) is 22.7 Å². The Kier molecular flexibility index (Phi) is 4.85. The van der Waals surface area contributed by atoms with Crippen LogP contribution in [-0.2, 0) is 11.3 Å². The molecule has 0 aliphatic carbocycles. The Morgan fingerprint density at radius 3 is 2.84 bits per heavy atom. The number of hydrogen-bond acceptors (Lipinski definition) is 4. The van der Waals surface area contributed by atoms with Gasteiger partial charge in [-0.15, -0.1) is 0 Å². The molecule has 1 fully saturated rings. The molecule has 2 aromatic rings. The number of benzene rings is 1. The van der Waals surface area contributed by atoms with Crippen molar-refractivity contribution in [3.8, 4) is 0 Å². The number of likely N-dealkylation sites (N-methyl/N-ethyl adjacent to an activating group) is 1. The van der Waals surface area contributed by atoms with Crippen LogP contribution in [0.2, 0.25) is 0 Å². The number of carbonyl (C=O) groups is 2. The molecule has 132 valence electrons. The quantitative estimate of drug-likeness (QED) is 0.900. The number of rotatable bonds is 5. The molecule has 0 unspecified atom stereocenters. The van der Waals surface area contributed by atoms with Gasteiger partial charge in [0.2, 0.25) is 5.91 Å². The molecular formula is C18H20FN3O3. The molecule has 1 aromatic heterocycles. The first-order valence-corrected chi connectivity index (χ1v) is 8.08. The van der Waals surface area contributed by atoms with Crippen LogP contribution in [-0.4, -0.2) is 43.4 Å². The third-order valence-electron chi connectivity index (χ3n) is 4.37. The molecule has 3 rings (SSSR count). The summed E-state index contributed by atoms with van der Waals surface area (Å²) in [5.41, 5.74) is 0.309. The van der Waals surface area contributed by atoms with Crippen LogP contribution in [0.4, 0.5) is 10.1 Å². The van der Waals surface area contributed by atoms with E-state index in [2.05, 4.69) is 5.32 Å². The summed E-state index contributed by atoms with van der Waals surface area (Å²) in [5.74, 6) is -0.00228. The van der Waals surface area contributed by atoms with Gasteiger partial charge >= 0.3 is 0 Å². The van der Waals surface area contributed by atoms with Crippen LogP contribution in [0.15, 0.2) is 40.8 Å². The van der Waals surface area contributed by atoms with E-state index in [0.717, 1.165) is 0 Å². The lowest BCUT2D eigenvalue weighted by Gasteiger charge is -2.23. The minimum atomic E-state index is -0.402. The summed E-state index contributed by atoms with van der Waals surface area (Å²) in [5, 5.41) is 2.50. The van der Waals surface area contributed by atoms with Crippen molar-refractivity contribution >= 4 is 17.5 Å². The number of halogens is 1. The van der Waals surface area contributed by atoms with E-state index in [1.165, 1.54) is 18.0 Å². The number of amides is 2. The Balaban J connectivity index is 1.68. The molecule has 1 aliphatic rings. The van der Waals surface area contributed by atoms with Crippen LogP contribution < -0.4 is 10.2 Å². The van der Waals surface area contributed by atoms with Gasteiger partial charge in [-0.25, -0.2) is 4.39 Å². The number of nitrogens with one attached hydrogen (secondary N) is 1. The summed E-state index contributed by atoms with van der Waals surface area (Å²) in [6.45, 7) is 0.856. The average Bonchev–Trinajstić information content (AvgIpc) is 3.21. The highest BCUT2D eigenvalue weighted by Crippen LogP contribution is 2.27. The number of nitrogens with zero attached hydrogens (tertiary/aromatic N) is 2. The topological polar surface area (TPSA) is 65.8 Å². The van der Waals surface area contributed by atoms with E-state index in [1.54, 1.807) is 30.3 Å². The summed E-state index contributed by atoms with van der Waals surface area (Å²) >= 11 is 0. The first kappa shape index (κ1) is 17.2. The fraction of sp³-hybridized carbons (Fsp3) is 0.333. The molecule has 7 heteroatoms. The lowest BCUT2D eigenvalue weighted by atomic mass is 10.2. The summed E-state index contributed by atoms with van der Waals surface area (Å²) in [6.07, 6.45) is 0.604. The normalized spacial score (nSPS) is 17.4. The predicted molar refractivity (Wildman–Crippen MR) is 90.7 cm³/mol. The fourth-order valence-corrected chi connectivity index (χ4v) is 3.05. The Labute approximate surface area is 145 Å². The molecule has 2 amide bonds. The van der Waals surface area contributed by atoms with Gasteiger partial charge < -0.3 is 14.6 Å². The van der Waals surface area contributed by atoms with E-state index in [1.807, 2.05) is 11.9 Å². The van der Waals surface area contributed by atoms with E-state index >= 15 is 0 Å². The molecule has 1 atom stereocenters. The second kappa shape index (κ2) is 7.06. The average molecular weight is 345 g/mol. The summed E-state index contributed by atoms with van der Waals surface area (Å²) < 4.78 is 19.4. The lowest BCUT2D eigenvalue weighted by molar-refractivity contribution is -0.121. The van der Waals surface area contributed by atoms with Gasteiger partial charge in [-0.05, 0) is 37.7 Å². The SMILES string of the molecule is CNC(=O)c1ccc(CN(C)[C@H]2CCN(c3ccccc3F)C2=O)o1. The standard InChI is InChI=1S/C18H20FN3O3/c1-20-17(23)16-8-7-12(25-16)11-21(2)15-9-10-22(18(15)24)14-6-4-3-5-13(14)19/h3-8,15H,9-11H2,1-2H3,(H,20,23)/t15-/m0/s1. The highest BCUT2D eigenvalue weighted by molar-refractivity contribution is 5.99. The van der Waals surface area contributed by atoms with Gasteiger partial charge in [0.1, 0.15) is 11.6 Å². The maximum absolute atomic E-state index is 13.9. The van der Waals surface area contributed by atoms with Crippen LogP contribution in [0.25, 0.3) is 0 Å². The molecule has 1 saturated heterocycles. The third-order valence-corrected chi connectivity index (χ3v) is 4.37. The van der Waals surface area contributed by atoms with Gasteiger partial charge in [0.05, 0.1) is 18.3 Å². The number of hydrogen-bond donors (Lipinski definition) is 1. The smallest absolute Gasteiger partial charge is 0.286 e. The molecule has 6 nitrogen and oxygen atoms in total. The van der Waals surface area contributed by atoms with Crippen molar-refractivity contribution in [1.82, 2.24) is 10.2 Å². The largest absolute Gasteiger partial charge is 0.455 e. The molecule has 0 saturated carbocycles. The molecule has 25 heavy (non-hydrogen) atoms. The van der Waals surface area contributed by atoms with Crippen molar-refractivity contribution in [2.24, 2.45) is 0 Å². The van der Waals surface area contributed by atoms with E-state index in [-0.39, 0.29) is 23.6 Å². The van der Waals surface area contributed by atoms with Gasteiger partial charge in [-0.1, -0.05) is 12.1 Å². The molecule has 1 aliphatic heterocycles. The van der Waals surface area contributed by atoms with Crippen LogP contribution >= 0.6 is 0 Å². The number of furan rings is 1. The number of anilines is 1. The van der Waals surface area contributed by atoms with Crippen molar-refractivity contribution in [3.63, 3.8) is 0 Å². The van der Waals surface area contributed by atoms with Crippen molar-refractivity contribution in [2.75, 3.05) is 25.5 Å². The highest BCUT2D eigenvalue weighted by Gasteiger charge is 2.36. The highest BCUT2D eigenvalue weighted by atomic mass is 19.1. The first-order chi connectivity index (χ1) is 12.0. The Morgan fingerprint density at radius 2 is 2.12 bits per heavy atom. The Bertz CT molecular complexity index is 789. The Morgan fingerprint density at radius 1 is 1.36 bits per heavy atom.